The highest BCUT2D eigenvalue weighted by molar-refractivity contribution is 5.15. The molecule has 0 aliphatic rings. The zero-order valence-electron chi connectivity index (χ0n) is 7.17. The van der Waals surface area contributed by atoms with Crippen LogP contribution in [-0.2, 0) is 13.1 Å². The van der Waals surface area contributed by atoms with Crippen LogP contribution in [0.3, 0.4) is 0 Å². The smallest absolute Gasteiger partial charge is 0.0537 e. The van der Waals surface area contributed by atoms with E-state index in [4.69, 9.17) is 5.73 Å². The monoisotopic (exact) mass is 153 g/mol. The Morgan fingerprint density at radius 1 is 1.64 bits per heavy atom. The summed E-state index contributed by atoms with van der Waals surface area (Å²) in [6.45, 7) is 5.79. The number of nitrogens with zero attached hydrogens (tertiary/aromatic N) is 2. The fraction of sp³-hybridized carbons (Fsp3) is 0.625. The number of rotatable bonds is 3. The van der Waals surface area contributed by atoms with Crippen LogP contribution in [0.2, 0.25) is 0 Å². The van der Waals surface area contributed by atoms with Crippen LogP contribution in [0.1, 0.15) is 24.6 Å². The third-order valence-electron chi connectivity index (χ3n) is 1.86. The van der Waals surface area contributed by atoms with Crippen LogP contribution in [0.5, 0.6) is 0 Å². The molecule has 2 N–H and O–H groups in total. The minimum Gasteiger partial charge on any atom is -0.326 e. The summed E-state index contributed by atoms with van der Waals surface area (Å²) in [6.07, 6.45) is 2.97. The van der Waals surface area contributed by atoms with Crippen molar-refractivity contribution in [2.75, 3.05) is 0 Å². The first-order valence-corrected chi connectivity index (χ1v) is 4.01. The topological polar surface area (TPSA) is 43.8 Å². The molecule has 0 aliphatic heterocycles. The van der Waals surface area contributed by atoms with Gasteiger partial charge in [-0.25, -0.2) is 0 Å². The second-order valence-corrected chi connectivity index (χ2v) is 2.68. The van der Waals surface area contributed by atoms with Gasteiger partial charge >= 0.3 is 0 Å². The number of aromatic nitrogens is 2. The maximum atomic E-state index is 5.51. The highest BCUT2D eigenvalue weighted by atomic mass is 15.3. The first-order valence-electron chi connectivity index (χ1n) is 4.01. The van der Waals surface area contributed by atoms with E-state index in [9.17, 15) is 0 Å². The maximum absolute atomic E-state index is 5.51. The van der Waals surface area contributed by atoms with Gasteiger partial charge in [0.05, 0.1) is 6.20 Å². The summed E-state index contributed by atoms with van der Waals surface area (Å²) in [5.41, 5.74) is 7.86. The molecule has 0 saturated carbocycles. The van der Waals surface area contributed by atoms with Gasteiger partial charge in [-0.2, -0.15) is 5.10 Å². The lowest BCUT2D eigenvalue weighted by molar-refractivity contribution is 0.586. The van der Waals surface area contributed by atoms with Gasteiger partial charge in [0.2, 0.25) is 0 Å². The molecule has 1 aromatic heterocycles. The predicted octanol–water partition coefficient (Wildman–Crippen LogP) is 1.06. The van der Waals surface area contributed by atoms with Crippen LogP contribution in [0.15, 0.2) is 6.20 Å². The number of hydrogen-bond acceptors (Lipinski definition) is 2. The van der Waals surface area contributed by atoms with Crippen molar-refractivity contribution in [1.29, 1.82) is 0 Å². The summed E-state index contributed by atoms with van der Waals surface area (Å²) in [4.78, 5) is 0. The highest BCUT2D eigenvalue weighted by Crippen LogP contribution is 2.05. The Bertz CT molecular complexity index is 227. The largest absolute Gasteiger partial charge is 0.326 e. The Balaban J connectivity index is 2.82. The minimum absolute atomic E-state index is 0.593. The van der Waals surface area contributed by atoms with E-state index in [0.29, 0.717) is 6.54 Å². The normalized spacial score (nSPS) is 10.5. The van der Waals surface area contributed by atoms with Gasteiger partial charge in [-0.05, 0) is 13.3 Å². The van der Waals surface area contributed by atoms with E-state index >= 15 is 0 Å². The molecular weight excluding hydrogens is 138 g/mol. The molecule has 0 fully saturated rings. The lowest BCUT2D eigenvalue weighted by Crippen LogP contribution is -2.03. The zero-order valence-corrected chi connectivity index (χ0v) is 7.17. The van der Waals surface area contributed by atoms with Crippen LogP contribution in [0.25, 0.3) is 0 Å². The Hall–Kier alpha value is -0.830. The van der Waals surface area contributed by atoms with Crippen molar-refractivity contribution in [3.63, 3.8) is 0 Å². The summed E-state index contributed by atoms with van der Waals surface area (Å²) < 4.78 is 2.00. The molecule has 0 atom stereocenters. The summed E-state index contributed by atoms with van der Waals surface area (Å²) in [7, 11) is 0. The van der Waals surface area contributed by atoms with Gasteiger partial charge in [-0.1, -0.05) is 6.92 Å². The first-order chi connectivity index (χ1) is 5.29. The molecule has 0 aromatic carbocycles. The molecule has 0 aliphatic carbocycles. The van der Waals surface area contributed by atoms with Crippen LogP contribution < -0.4 is 5.73 Å². The molecule has 62 valence electrons. The Morgan fingerprint density at radius 3 is 2.82 bits per heavy atom. The van der Waals surface area contributed by atoms with Crippen LogP contribution in [0, 0.1) is 6.92 Å². The van der Waals surface area contributed by atoms with Gasteiger partial charge < -0.3 is 5.73 Å². The summed E-state index contributed by atoms with van der Waals surface area (Å²) in [5.74, 6) is 0. The van der Waals surface area contributed by atoms with Crippen LogP contribution in [-0.4, -0.2) is 9.78 Å². The van der Waals surface area contributed by atoms with Gasteiger partial charge in [0.25, 0.3) is 0 Å². The minimum atomic E-state index is 0.593. The fourth-order valence-electron chi connectivity index (χ4n) is 1.12. The molecular formula is C8H15N3. The quantitative estimate of drug-likeness (QED) is 0.705. The van der Waals surface area contributed by atoms with Gasteiger partial charge in [-0.15, -0.1) is 0 Å². The molecule has 11 heavy (non-hydrogen) atoms. The van der Waals surface area contributed by atoms with Crippen molar-refractivity contribution in [3.05, 3.63) is 17.5 Å². The summed E-state index contributed by atoms with van der Waals surface area (Å²) in [5, 5.41) is 4.21. The lowest BCUT2D eigenvalue weighted by atomic mass is 10.3. The molecule has 0 radical (unpaired) electrons. The van der Waals surface area contributed by atoms with Gasteiger partial charge in [0.15, 0.2) is 0 Å². The van der Waals surface area contributed by atoms with Crippen molar-refractivity contribution in [2.45, 2.75) is 33.4 Å². The molecule has 0 unspecified atom stereocenters. The van der Waals surface area contributed by atoms with Crippen LogP contribution >= 0.6 is 0 Å². The zero-order chi connectivity index (χ0) is 8.27. The molecule has 0 saturated heterocycles. The second-order valence-electron chi connectivity index (χ2n) is 2.68. The van der Waals surface area contributed by atoms with Crippen molar-refractivity contribution in [1.82, 2.24) is 9.78 Å². The van der Waals surface area contributed by atoms with E-state index < -0.39 is 0 Å². The average molecular weight is 153 g/mol. The van der Waals surface area contributed by atoms with E-state index in [1.807, 2.05) is 10.9 Å². The molecule has 1 aromatic rings. The molecule has 0 bridgehead atoms. The second kappa shape index (κ2) is 3.53. The van der Waals surface area contributed by atoms with Crippen molar-refractivity contribution < 1.29 is 0 Å². The maximum Gasteiger partial charge on any atom is 0.0537 e. The van der Waals surface area contributed by atoms with Crippen molar-refractivity contribution in [3.8, 4) is 0 Å². The van der Waals surface area contributed by atoms with Crippen molar-refractivity contribution >= 4 is 0 Å². The Morgan fingerprint density at radius 2 is 2.36 bits per heavy atom. The first kappa shape index (κ1) is 8.27. The van der Waals surface area contributed by atoms with Gasteiger partial charge in [-0.3, -0.25) is 4.68 Å². The van der Waals surface area contributed by atoms with E-state index in [-0.39, 0.29) is 0 Å². The highest BCUT2D eigenvalue weighted by Gasteiger charge is 2.02. The number of nitrogens with two attached hydrogens (primary N) is 1. The van der Waals surface area contributed by atoms with Gasteiger partial charge in [0, 0.05) is 24.3 Å². The van der Waals surface area contributed by atoms with E-state index in [1.165, 1.54) is 5.69 Å². The molecule has 3 heteroatoms. The number of aryl methyl sites for hydroxylation is 1. The van der Waals surface area contributed by atoms with Gasteiger partial charge in [0.1, 0.15) is 0 Å². The predicted molar refractivity (Wildman–Crippen MR) is 45.1 cm³/mol. The standard InChI is InChI=1S/C8H15N3/c1-3-4-11-7(2)8(5-9)6-10-11/h6H,3-5,9H2,1-2H3. The fourth-order valence-corrected chi connectivity index (χ4v) is 1.12. The molecule has 0 amide bonds. The van der Waals surface area contributed by atoms with E-state index in [0.717, 1.165) is 18.5 Å². The molecule has 3 nitrogen and oxygen atoms in total. The molecule has 1 heterocycles. The van der Waals surface area contributed by atoms with E-state index in [2.05, 4.69) is 18.9 Å². The van der Waals surface area contributed by atoms with Crippen molar-refractivity contribution in [2.24, 2.45) is 5.73 Å². The third-order valence-corrected chi connectivity index (χ3v) is 1.86. The van der Waals surface area contributed by atoms with Crippen LogP contribution in [0.4, 0.5) is 0 Å². The third kappa shape index (κ3) is 1.60. The SMILES string of the molecule is CCCn1ncc(CN)c1C. The summed E-state index contributed by atoms with van der Waals surface area (Å²) in [6, 6.07) is 0. The number of hydrogen-bond donors (Lipinski definition) is 1. The molecule has 0 spiro atoms. The Kier molecular flexibility index (Phi) is 2.65. The molecule has 1 rings (SSSR count). The lowest BCUT2D eigenvalue weighted by Gasteiger charge is -2.01. The average Bonchev–Trinajstić information content (AvgIpc) is 2.34. The van der Waals surface area contributed by atoms with E-state index in [1.54, 1.807) is 0 Å². The Labute approximate surface area is 67.2 Å². The summed E-state index contributed by atoms with van der Waals surface area (Å²) >= 11 is 0.